The zero-order valence-electron chi connectivity index (χ0n) is 12.6. The van der Waals surface area contributed by atoms with Crippen LogP contribution in [0.5, 0.6) is 0 Å². The molecule has 0 bridgehead atoms. The Bertz CT molecular complexity index is 378. The number of nitrogens with one attached hydrogen (secondary N) is 1. The van der Waals surface area contributed by atoms with Crippen LogP contribution in [-0.4, -0.2) is 53.7 Å². The van der Waals surface area contributed by atoms with Gasteiger partial charge < -0.3 is 14.7 Å². The maximum Gasteiger partial charge on any atom is 0.329 e. The SMILES string of the molecule is CC(C)CN(C(=O)NC(=O)COCC(=O)O)C1CCCC1. The fraction of sp³-hybridized carbons (Fsp3) is 0.786. The van der Waals surface area contributed by atoms with Crippen LogP contribution in [0.3, 0.4) is 0 Å². The quantitative estimate of drug-likeness (QED) is 0.737. The lowest BCUT2D eigenvalue weighted by atomic mass is 10.1. The summed E-state index contributed by atoms with van der Waals surface area (Å²) in [4.78, 5) is 35.7. The Hall–Kier alpha value is -1.63. The zero-order valence-corrected chi connectivity index (χ0v) is 12.6. The van der Waals surface area contributed by atoms with Crippen LogP contribution in [0.4, 0.5) is 4.79 Å². The standard InChI is InChI=1S/C14H24N2O5/c1-10(2)7-16(11-5-3-4-6-11)14(20)15-12(17)8-21-9-13(18)19/h10-11H,3-9H2,1-2H3,(H,18,19)(H,15,17,20). The van der Waals surface area contributed by atoms with Crippen LogP contribution in [-0.2, 0) is 14.3 Å². The van der Waals surface area contributed by atoms with Crippen molar-refractivity contribution >= 4 is 17.9 Å². The van der Waals surface area contributed by atoms with Gasteiger partial charge in [0.2, 0.25) is 0 Å². The maximum absolute atomic E-state index is 12.2. The van der Waals surface area contributed by atoms with E-state index in [2.05, 4.69) is 10.1 Å². The molecule has 1 saturated carbocycles. The molecule has 1 fully saturated rings. The molecular formula is C14H24N2O5. The summed E-state index contributed by atoms with van der Waals surface area (Å²) in [5.74, 6) is -1.45. The van der Waals surface area contributed by atoms with Crippen LogP contribution in [0.25, 0.3) is 0 Å². The number of hydrogen-bond acceptors (Lipinski definition) is 4. The summed E-state index contributed by atoms with van der Waals surface area (Å²) in [6.07, 6.45) is 4.12. The number of ether oxygens (including phenoxy) is 1. The number of nitrogens with zero attached hydrogens (tertiary/aromatic N) is 1. The monoisotopic (exact) mass is 300 g/mol. The summed E-state index contributed by atoms with van der Waals surface area (Å²) < 4.78 is 4.66. The second-order valence-electron chi connectivity index (χ2n) is 5.72. The molecule has 0 aromatic rings. The summed E-state index contributed by atoms with van der Waals surface area (Å²) in [5.41, 5.74) is 0. The van der Waals surface area contributed by atoms with Gasteiger partial charge in [0.25, 0.3) is 5.91 Å². The van der Waals surface area contributed by atoms with Gasteiger partial charge in [-0.2, -0.15) is 0 Å². The van der Waals surface area contributed by atoms with E-state index in [1.807, 2.05) is 13.8 Å². The molecule has 3 amide bonds. The van der Waals surface area contributed by atoms with Gasteiger partial charge in [-0.15, -0.1) is 0 Å². The van der Waals surface area contributed by atoms with E-state index in [1.54, 1.807) is 4.90 Å². The number of carboxylic acid groups (broad SMARTS) is 1. The van der Waals surface area contributed by atoms with Crippen LogP contribution >= 0.6 is 0 Å². The number of urea groups is 1. The number of imide groups is 1. The number of hydrogen-bond donors (Lipinski definition) is 2. The van der Waals surface area contributed by atoms with Crippen molar-refractivity contribution in [1.29, 1.82) is 0 Å². The lowest BCUT2D eigenvalue weighted by molar-refractivity contribution is -0.143. The van der Waals surface area contributed by atoms with E-state index in [0.717, 1.165) is 25.7 Å². The van der Waals surface area contributed by atoms with Gasteiger partial charge in [0, 0.05) is 12.6 Å². The normalized spacial score (nSPS) is 15.2. The number of amides is 3. The minimum Gasteiger partial charge on any atom is -0.480 e. The van der Waals surface area contributed by atoms with Crippen molar-refractivity contribution in [1.82, 2.24) is 10.2 Å². The summed E-state index contributed by atoms with van der Waals surface area (Å²) in [6, 6.07) is -0.236. The smallest absolute Gasteiger partial charge is 0.329 e. The molecule has 1 rings (SSSR count). The van der Waals surface area contributed by atoms with Crippen LogP contribution < -0.4 is 5.32 Å². The molecular weight excluding hydrogens is 276 g/mol. The molecule has 21 heavy (non-hydrogen) atoms. The lowest BCUT2D eigenvalue weighted by Crippen LogP contribution is -2.49. The number of rotatable bonds is 7. The minimum absolute atomic E-state index is 0.181. The summed E-state index contributed by atoms with van der Waals surface area (Å²) >= 11 is 0. The van der Waals surface area contributed by atoms with Crippen molar-refractivity contribution in [2.24, 2.45) is 5.92 Å². The molecule has 0 unspecified atom stereocenters. The van der Waals surface area contributed by atoms with Crippen molar-refractivity contribution in [2.45, 2.75) is 45.6 Å². The van der Waals surface area contributed by atoms with Gasteiger partial charge in [0.1, 0.15) is 13.2 Å². The Morgan fingerprint density at radius 1 is 1.24 bits per heavy atom. The molecule has 7 nitrogen and oxygen atoms in total. The highest BCUT2D eigenvalue weighted by atomic mass is 16.5. The third kappa shape index (κ3) is 6.57. The second kappa shape index (κ2) is 8.61. The van der Waals surface area contributed by atoms with Crippen molar-refractivity contribution < 1.29 is 24.2 Å². The molecule has 0 aromatic carbocycles. The Kier molecular flexibility index (Phi) is 7.14. The zero-order chi connectivity index (χ0) is 15.8. The van der Waals surface area contributed by atoms with Crippen LogP contribution in [0.1, 0.15) is 39.5 Å². The molecule has 0 aliphatic heterocycles. The van der Waals surface area contributed by atoms with Gasteiger partial charge in [-0.3, -0.25) is 10.1 Å². The first-order chi connectivity index (χ1) is 9.90. The molecule has 1 aliphatic rings. The van der Waals surface area contributed by atoms with Gasteiger partial charge in [0.05, 0.1) is 0 Å². The third-order valence-electron chi connectivity index (χ3n) is 3.29. The predicted molar refractivity (Wildman–Crippen MR) is 75.8 cm³/mol. The highest BCUT2D eigenvalue weighted by Gasteiger charge is 2.28. The van der Waals surface area contributed by atoms with Crippen LogP contribution in [0.15, 0.2) is 0 Å². The first-order valence-electron chi connectivity index (χ1n) is 7.30. The van der Waals surface area contributed by atoms with Gasteiger partial charge in [-0.1, -0.05) is 26.7 Å². The predicted octanol–water partition coefficient (Wildman–Crippen LogP) is 1.22. The van der Waals surface area contributed by atoms with Gasteiger partial charge in [-0.05, 0) is 18.8 Å². The van der Waals surface area contributed by atoms with Gasteiger partial charge >= 0.3 is 12.0 Å². The number of carbonyl (C=O) groups excluding carboxylic acids is 2. The number of aliphatic carboxylic acids is 1. The Labute approximate surface area is 124 Å². The Balaban J connectivity index is 2.47. The van der Waals surface area contributed by atoms with Crippen LogP contribution in [0, 0.1) is 5.92 Å². The number of carboxylic acids is 1. The molecule has 0 heterocycles. The van der Waals surface area contributed by atoms with Crippen molar-refractivity contribution in [3.05, 3.63) is 0 Å². The fourth-order valence-corrected chi connectivity index (χ4v) is 2.47. The largest absolute Gasteiger partial charge is 0.480 e. The van der Waals surface area contributed by atoms with Crippen LogP contribution in [0.2, 0.25) is 0 Å². The molecule has 2 N–H and O–H groups in total. The molecule has 120 valence electrons. The second-order valence-corrected chi connectivity index (χ2v) is 5.72. The topological polar surface area (TPSA) is 95.9 Å². The summed E-state index contributed by atoms with van der Waals surface area (Å²) in [6.45, 7) is 3.65. The van der Waals surface area contributed by atoms with E-state index in [9.17, 15) is 14.4 Å². The number of carbonyl (C=O) groups is 3. The van der Waals surface area contributed by atoms with E-state index in [1.165, 1.54) is 0 Å². The molecule has 0 radical (unpaired) electrons. The molecule has 7 heteroatoms. The van der Waals surface area contributed by atoms with E-state index in [0.29, 0.717) is 12.5 Å². The van der Waals surface area contributed by atoms with E-state index >= 15 is 0 Å². The molecule has 1 aliphatic carbocycles. The van der Waals surface area contributed by atoms with Gasteiger partial charge in [0.15, 0.2) is 0 Å². The summed E-state index contributed by atoms with van der Waals surface area (Å²) in [7, 11) is 0. The molecule has 0 aromatic heterocycles. The molecule has 0 spiro atoms. The average molecular weight is 300 g/mol. The first-order valence-corrected chi connectivity index (χ1v) is 7.30. The fourth-order valence-electron chi connectivity index (χ4n) is 2.47. The van der Waals surface area contributed by atoms with Crippen molar-refractivity contribution in [3.63, 3.8) is 0 Å². The van der Waals surface area contributed by atoms with Crippen molar-refractivity contribution in [3.8, 4) is 0 Å². The summed E-state index contributed by atoms with van der Waals surface area (Å²) in [5, 5.41) is 10.7. The van der Waals surface area contributed by atoms with E-state index in [4.69, 9.17) is 5.11 Å². The highest BCUT2D eigenvalue weighted by Crippen LogP contribution is 2.24. The van der Waals surface area contributed by atoms with Gasteiger partial charge in [-0.25, -0.2) is 9.59 Å². The molecule has 0 atom stereocenters. The Morgan fingerprint density at radius 2 is 1.86 bits per heavy atom. The Morgan fingerprint density at radius 3 is 2.38 bits per heavy atom. The van der Waals surface area contributed by atoms with Crippen molar-refractivity contribution in [2.75, 3.05) is 19.8 Å². The minimum atomic E-state index is -1.15. The third-order valence-corrected chi connectivity index (χ3v) is 3.29. The lowest BCUT2D eigenvalue weighted by Gasteiger charge is -2.30. The van der Waals surface area contributed by atoms with E-state index < -0.39 is 31.1 Å². The first kappa shape index (κ1) is 17.4. The highest BCUT2D eigenvalue weighted by molar-refractivity contribution is 5.95. The maximum atomic E-state index is 12.2. The van der Waals surface area contributed by atoms with E-state index in [-0.39, 0.29) is 6.04 Å². The molecule has 0 saturated heterocycles. The average Bonchev–Trinajstić information content (AvgIpc) is 2.88.